The Kier molecular flexibility index (Phi) is 5.23. The van der Waals surface area contributed by atoms with Crippen molar-refractivity contribution in [1.82, 2.24) is 10.1 Å². The summed E-state index contributed by atoms with van der Waals surface area (Å²) in [4.78, 5) is 16.3. The van der Waals surface area contributed by atoms with Crippen LogP contribution in [-0.4, -0.2) is 16.0 Å². The average Bonchev–Trinajstić information content (AvgIpc) is 3.10. The second-order valence-corrected chi connectivity index (χ2v) is 6.20. The second kappa shape index (κ2) is 7.75. The van der Waals surface area contributed by atoms with Crippen LogP contribution in [0.2, 0.25) is 0 Å². The fraction of sp³-hybridized carbons (Fsp3) is 0.250. The Morgan fingerprint density at radius 2 is 1.80 bits per heavy atom. The highest BCUT2D eigenvalue weighted by Gasteiger charge is 2.11. The number of para-hydroxylation sites is 1. The van der Waals surface area contributed by atoms with E-state index in [4.69, 9.17) is 4.52 Å². The van der Waals surface area contributed by atoms with Crippen molar-refractivity contribution < 1.29 is 9.32 Å². The van der Waals surface area contributed by atoms with Crippen molar-refractivity contribution in [3.63, 3.8) is 0 Å². The summed E-state index contributed by atoms with van der Waals surface area (Å²) in [5, 5.41) is 6.84. The van der Waals surface area contributed by atoms with E-state index in [9.17, 15) is 4.79 Å². The number of rotatable bonds is 6. The second-order valence-electron chi connectivity index (χ2n) is 6.20. The molecule has 2 aromatic carbocycles. The normalized spacial score (nSPS) is 10.8. The van der Waals surface area contributed by atoms with Crippen LogP contribution in [0.25, 0.3) is 11.4 Å². The number of nitrogens with one attached hydrogen (secondary N) is 1. The first-order valence-corrected chi connectivity index (χ1v) is 8.39. The van der Waals surface area contributed by atoms with Gasteiger partial charge in [-0.15, -0.1) is 0 Å². The van der Waals surface area contributed by atoms with Crippen LogP contribution in [0.3, 0.4) is 0 Å². The van der Waals surface area contributed by atoms with Gasteiger partial charge in [-0.3, -0.25) is 4.79 Å². The lowest BCUT2D eigenvalue weighted by molar-refractivity contribution is -0.116. The van der Waals surface area contributed by atoms with Crippen LogP contribution in [0.5, 0.6) is 0 Å². The zero-order valence-electron chi connectivity index (χ0n) is 14.4. The Bertz CT molecular complexity index is 824. The number of hydrogen-bond donors (Lipinski definition) is 1. The number of aryl methyl sites for hydroxylation is 1. The van der Waals surface area contributed by atoms with Gasteiger partial charge in [0, 0.05) is 24.1 Å². The summed E-state index contributed by atoms with van der Waals surface area (Å²) in [6.45, 7) is 4.31. The molecular formula is C20H21N3O2. The molecule has 5 heteroatoms. The van der Waals surface area contributed by atoms with E-state index in [1.165, 1.54) is 5.56 Å². The van der Waals surface area contributed by atoms with E-state index in [0.717, 1.165) is 11.3 Å². The Balaban J connectivity index is 1.57. The molecule has 3 aromatic rings. The van der Waals surface area contributed by atoms with Crippen LogP contribution in [0.4, 0.5) is 5.69 Å². The molecule has 128 valence electrons. The van der Waals surface area contributed by atoms with Crippen molar-refractivity contribution in [1.29, 1.82) is 0 Å². The van der Waals surface area contributed by atoms with E-state index in [1.54, 1.807) is 0 Å². The topological polar surface area (TPSA) is 68.0 Å². The smallest absolute Gasteiger partial charge is 0.227 e. The summed E-state index contributed by atoms with van der Waals surface area (Å²) in [6, 6.07) is 17.5. The molecule has 25 heavy (non-hydrogen) atoms. The van der Waals surface area contributed by atoms with E-state index < -0.39 is 0 Å². The molecule has 5 nitrogen and oxygen atoms in total. The Hall–Kier alpha value is -2.95. The highest BCUT2D eigenvalue weighted by molar-refractivity contribution is 5.90. The van der Waals surface area contributed by atoms with Crippen molar-refractivity contribution in [2.24, 2.45) is 0 Å². The van der Waals surface area contributed by atoms with E-state index in [0.29, 0.717) is 30.5 Å². The van der Waals surface area contributed by atoms with Gasteiger partial charge in [0.2, 0.25) is 17.6 Å². The summed E-state index contributed by atoms with van der Waals surface area (Å²) in [7, 11) is 0. The molecule has 1 heterocycles. The van der Waals surface area contributed by atoms with Crippen LogP contribution < -0.4 is 5.32 Å². The number of hydrogen-bond acceptors (Lipinski definition) is 4. The van der Waals surface area contributed by atoms with E-state index in [2.05, 4.69) is 41.4 Å². The first kappa shape index (κ1) is 16.9. The number of benzene rings is 2. The van der Waals surface area contributed by atoms with Crippen LogP contribution in [0, 0.1) is 0 Å². The molecule has 0 fully saturated rings. The fourth-order valence-corrected chi connectivity index (χ4v) is 2.46. The largest absolute Gasteiger partial charge is 0.339 e. The molecule has 1 amide bonds. The van der Waals surface area contributed by atoms with Gasteiger partial charge in [0.05, 0.1) is 0 Å². The van der Waals surface area contributed by atoms with Crippen molar-refractivity contribution in [3.8, 4) is 11.4 Å². The van der Waals surface area contributed by atoms with Crippen molar-refractivity contribution >= 4 is 11.6 Å². The lowest BCUT2D eigenvalue weighted by Gasteiger charge is -2.04. The molecule has 0 saturated carbocycles. The van der Waals surface area contributed by atoms with E-state index in [-0.39, 0.29) is 5.91 Å². The maximum absolute atomic E-state index is 12.0. The molecule has 0 unspecified atom stereocenters. The Morgan fingerprint density at radius 1 is 1.08 bits per heavy atom. The van der Waals surface area contributed by atoms with E-state index in [1.807, 2.05) is 42.5 Å². The predicted molar refractivity (Wildman–Crippen MR) is 97.2 cm³/mol. The number of aromatic nitrogens is 2. The minimum atomic E-state index is -0.0766. The third kappa shape index (κ3) is 4.53. The van der Waals surface area contributed by atoms with Gasteiger partial charge in [0.1, 0.15) is 0 Å². The third-order valence-corrected chi connectivity index (χ3v) is 3.93. The molecule has 0 aliphatic carbocycles. The predicted octanol–water partition coefficient (Wildman–Crippen LogP) is 4.43. The highest BCUT2D eigenvalue weighted by Crippen LogP contribution is 2.20. The first-order chi connectivity index (χ1) is 12.1. The minimum absolute atomic E-state index is 0.0766. The summed E-state index contributed by atoms with van der Waals surface area (Å²) in [6.07, 6.45) is 0.707. The average molecular weight is 335 g/mol. The van der Waals surface area contributed by atoms with E-state index >= 15 is 0 Å². The number of carbonyl (C=O) groups is 1. The summed E-state index contributed by atoms with van der Waals surface area (Å²) in [5.74, 6) is 1.42. The molecule has 3 rings (SSSR count). The van der Waals surface area contributed by atoms with Gasteiger partial charge in [-0.25, -0.2) is 0 Å². The zero-order chi connectivity index (χ0) is 17.6. The summed E-state index contributed by atoms with van der Waals surface area (Å²) >= 11 is 0. The Morgan fingerprint density at radius 3 is 2.48 bits per heavy atom. The lowest BCUT2D eigenvalue weighted by Crippen LogP contribution is -2.12. The zero-order valence-corrected chi connectivity index (χ0v) is 14.4. The van der Waals surface area contributed by atoms with Crippen LogP contribution in [0.1, 0.15) is 37.6 Å². The maximum atomic E-state index is 12.0. The molecular weight excluding hydrogens is 314 g/mol. The summed E-state index contributed by atoms with van der Waals surface area (Å²) in [5.41, 5.74) is 2.96. The van der Waals surface area contributed by atoms with Gasteiger partial charge >= 0.3 is 0 Å². The van der Waals surface area contributed by atoms with Gasteiger partial charge in [-0.1, -0.05) is 61.5 Å². The lowest BCUT2D eigenvalue weighted by atomic mass is 10.0. The quantitative estimate of drug-likeness (QED) is 0.723. The van der Waals surface area contributed by atoms with Gasteiger partial charge in [0.25, 0.3) is 0 Å². The van der Waals surface area contributed by atoms with Crippen molar-refractivity contribution in [2.45, 2.75) is 32.6 Å². The first-order valence-electron chi connectivity index (χ1n) is 8.39. The van der Waals surface area contributed by atoms with Crippen LogP contribution >= 0.6 is 0 Å². The van der Waals surface area contributed by atoms with Gasteiger partial charge in [-0.2, -0.15) is 4.98 Å². The van der Waals surface area contributed by atoms with Gasteiger partial charge < -0.3 is 9.84 Å². The van der Waals surface area contributed by atoms with Gasteiger partial charge in [0.15, 0.2) is 0 Å². The molecule has 0 aliphatic rings. The number of carbonyl (C=O) groups excluding carboxylic acids is 1. The van der Waals surface area contributed by atoms with Crippen molar-refractivity contribution in [2.75, 3.05) is 5.32 Å². The third-order valence-electron chi connectivity index (χ3n) is 3.93. The van der Waals surface area contributed by atoms with Gasteiger partial charge in [-0.05, 0) is 23.6 Å². The van der Waals surface area contributed by atoms with Crippen LogP contribution in [-0.2, 0) is 11.2 Å². The molecule has 0 bridgehead atoms. The minimum Gasteiger partial charge on any atom is -0.339 e. The number of nitrogens with zero attached hydrogens (tertiary/aromatic N) is 2. The molecule has 1 N–H and O–H groups in total. The molecule has 0 atom stereocenters. The monoisotopic (exact) mass is 335 g/mol. The maximum Gasteiger partial charge on any atom is 0.227 e. The molecule has 0 saturated heterocycles. The van der Waals surface area contributed by atoms with Crippen LogP contribution in [0.15, 0.2) is 59.1 Å². The molecule has 1 aromatic heterocycles. The molecule has 0 radical (unpaired) electrons. The molecule has 0 spiro atoms. The molecule has 0 aliphatic heterocycles. The highest BCUT2D eigenvalue weighted by atomic mass is 16.5. The fourth-order valence-electron chi connectivity index (χ4n) is 2.46. The van der Waals surface area contributed by atoms with Crippen molar-refractivity contribution in [3.05, 3.63) is 66.1 Å². The Labute approximate surface area is 147 Å². The standard InChI is InChI=1S/C20H21N3O2/c1-14(2)15-8-10-16(11-9-15)20-22-19(25-23-20)13-12-18(24)21-17-6-4-3-5-7-17/h3-11,14H,12-13H2,1-2H3,(H,21,24). The summed E-state index contributed by atoms with van der Waals surface area (Å²) < 4.78 is 5.26. The number of anilines is 1. The number of amides is 1. The SMILES string of the molecule is CC(C)c1ccc(-c2noc(CCC(=O)Nc3ccccc3)n2)cc1.